The molecule has 0 unspecified atom stereocenters. The Balaban J connectivity index is 3.68. The first kappa shape index (κ1) is 13.1. The fraction of sp³-hybridized carbons (Fsp3) is 1.00. The predicted molar refractivity (Wildman–Crippen MR) is 52.5 cm³/mol. The first-order valence-electron chi connectivity index (χ1n) is 4.51. The van der Waals surface area contributed by atoms with Crippen molar-refractivity contribution in [3.8, 4) is 0 Å². The average molecular weight is 208 g/mol. The molecule has 0 aromatic heterocycles. The molecular formula is C8H20O4Si. The number of unbranched alkanes of at least 4 members (excludes halogenated alkanes) is 2. The lowest BCUT2D eigenvalue weighted by Gasteiger charge is -2.24. The fourth-order valence-electron chi connectivity index (χ4n) is 1.19. The van der Waals surface area contributed by atoms with E-state index in [9.17, 15) is 0 Å². The highest BCUT2D eigenvalue weighted by atomic mass is 28.4. The van der Waals surface area contributed by atoms with Crippen molar-refractivity contribution >= 4 is 8.80 Å². The molecule has 0 saturated heterocycles. The summed E-state index contributed by atoms with van der Waals surface area (Å²) >= 11 is 0. The van der Waals surface area contributed by atoms with E-state index in [1.54, 1.807) is 21.3 Å². The molecule has 1 N–H and O–H groups in total. The summed E-state index contributed by atoms with van der Waals surface area (Å²) in [7, 11) is 2.50. The van der Waals surface area contributed by atoms with Gasteiger partial charge in [-0.25, -0.2) is 0 Å². The van der Waals surface area contributed by atoms with Crippen molar-refractivity contribution in [1.29, 1.82) is 0 Å². The largest absolute Gasteiger partial charge is 0.500 e. The lowest BCUT2D eigenvalue weighted by atomic mass is 10.3. The van der Waals surface area contributed by atoms with Gasteiger partial charge in [-0.05, 0) is 12.8 Å². The Morgan fingerprint density at radius 2 is 1.46 bits per heavy atom. The van der Waals surface area contributed by atoms with E-state index in [1.165, 1.54) is 0 Å². The third kappa shape index (κ3) is 4.73. The average Bonchev–Trinajstić information content (AvgIpc) is 2.20. The van der Waals surface area contributed by atoms with Crippen LogP contribution in [0.4, 0.5) is 0 Å². The molecule has 0 aromatic carbocycles. The molecule has 0 saturated carbocycles. The molecule has 0 heterocycles. The second-order valence-corrected chi connectivity index (χ2v) is 5.92. The van der Waals surface area contributed by atoms with Crippen molar-refractivity contribution in [2.75, 3.05) is 27.9 Å². The summed E-state index contributed by atoms with van der Waals surface area (Å²) in [6.07, 6.45) is 2.80. The van der Waals surface area contributed by atoms with Gasteiger partial charge in [0.2, 0.25) is 0 Å². The molecular weight excluding hydrogens is 188 g/mol. The lowest BCUT2D eigenvalue weighted by molar-refractivity contribution is 0.122. The monoisotopic (exact) mass is 208 g/mol. The first-order chi connectivity index (χ1) is 6.24. The molecule has 0 aliphatic carbocycles. The maximum Gasteiger partial charge on any atom is 0.500 e. The molecule has 0 aliphatic heterocycles. The molecule has 0 amide bonds. The standard InChI is InChI=1S/C8H20O4Si/c1-10-13(11-2,12-3)8-6-4-5-7-9/h9H,4-8H2,1-3H3. The zero-order valence-electron chi connectivity index (χ0n) is 8.71. The van der Waals surface area contributed by atoms with Crippen molar-refractivity contribution in [1.82, 2.24) is 0 Å². The Kier molecular flexibility index (Phi) is 7.49. The molecule has 0 aliphatic rings. The minimum Gasteiger partial charge on any atom is -0.396 e. The van der Waals surface area contributed by atoms with Crippen LogP contribution in [0.25, 0.3) is 0 Å². The molecule has 5 heteroatoms. The van der Waals surface area contributed by atoms with Crippen LogP contribution in [0, 0.1) is 0 Å². The van der Waals surface area contributed by atoms with Gasteiger partial charge in [-0.3, -0.25) is 0 Å². The normalized spacial score (nSPS) is 12.0. The van der Waals surface area contributed by atoms with Gasteiger partial charge in [-0.1, -0.05) is 6.42 Å². The molecule has 4 nitrogen and oxygen atoms in total. The predicted octanol–water partition coefficient (Wildman–Crippen LogP) is 1.03. The highest BCUT2D eigenvalue weighted by Crippen LogP contribution is 2.16. The zero-order chi connectivity index (χ0) is 10.2. The maximum absolute atomic E-state index is 8.58. The van der Waals surface area contributed by atoms with Crippen molar-refractivity contribution in [3.63, 3.8) is 0 Å². The zero-order valence-corrected chi connectivity index (χ0v) is 9.71. The SMILES string of the molecule is CO[Si](CCCCCO)(OC)OC. The lowest BCUT2D eigenvalue weighted by Crippen LogP contribution is -2.42. The van der Waals surface area contributed by atoms with Crippen LogP contribution >= 0.6 is 0 Å². The van der Waals surface area contributed by atoms with Crippen molar-refractivity contribution < 1.29 is 18.4 Å². The molecule has 0 bridgehead atoms. The summed E-state index contributed by atoms with van der Waals surface area (Å²) in [5.74, 6) is 0. The van der Waals surface area contributed by atoms with Gasteiger partial charge < -0.3 is 18.4 Å². The van der Waals surface area contributed by atoms with Crippen molar-refractivity contribution in [3.05, 3.63) is 0 Å². The minimum absolute atomic E-state index is 0.251. The van der Waals surface area contributed by atoms with E-state index in [0.717, 1.165) is 25.3 Å². The molecule has 13 heavy (non-hydrogen) atoms. The second kappa shape index (κ2) is 7.46. The first-order valence-corrected chi connectivity index (χ1v) is 6.44. The van der Waals surface area contributed by atoms with E-state index in [-0.39, 0.29) is 6.61 Å². The van der Waals surface area contributed by atoms with Crippen LogP contribution in [-0.4, -0.2) is 41.8 Å². The number of aliphatic hydroxyl groups is 1. The highest BCUT2D eigenvalue weighted by molar-refractivity contribution is 6.60. The minimum atomic E-state index is -2.35. The summed E-state index contributed by atoms with van der Waals surface area (Å²) in [6.45, 7) is 0.251. The summed E-state index contributed by atoms with van der Waals surface area (Å²) in [4.78, 5) is 0. The van der Waals surface area contributed by atoms with Gasteiger partial charge in [0, 0.05) is 34.0 Å². The van der Waals surface area contributed by atoms with E-state index in [4.69, 9.17) is 18.4 Å². The van der Waals surface area contributed by atoms with Crippen molar-refractivity contribution in [2.45, 2.75) is 25.3 Å². The Bertz CT molecular complexity index is 108. The van der Waals surface area contributed by atoms with E-state index in [2.05, 4.69) is 0 Å². The van der Waals surface area contributed by atoms with Gasteiger partial charge >= 0.3 is 8.80 Å². The van der Waals surface area contributed by atoms with Gasteiger partial charge in [0.15, 0.2) is 0 Å². The molecule has 0 spiro atoms. The van der Waals surface area contributed by atoms with Crippen molar-refractivity contribution in [2.24, 2.45) is 0 Å². The molecule has 0 fully saturated rings. The van der Waals surface area contributed by atoms with Gasteiger partial charge in [0.25, 0.3) is 0 Å². The Labute approximate surface area is 81.2 Å². The summed E-state index contributed by atoms with van der Waals surface area (Å²) in [5, 5.41) is 8.58. The number of rotatable bonds is 8. The molecule has 0 radical (unpaired) electrons. The Hall–Kier alpha value is 0.0569. The molecule has 80 valence electrons. The van der Waals surface area contributed by atoms with Crippen LogP contribution in [0.3, 0.4) is 0 Å². The Morgan fingerprint density at radius 3 is 1.85 bits per heavy atom. The van der Waals surface area contributed by atoms with Gasteiger partial charge in [0.1, 0.15) is 0 Å². The molecule has 0 aromatic rings. The Morgan fingerprint density at radius 1 is 0.923 bits per heavy atom. The summed E-state index contributed by atoms with van der Waals surface area (Å²) < 4.78 is 15.7. The quantitative estimate of drug-likeness (QED) is 0.478. The molecule has 0 rings (SSSR count). The van der Waals surface area contributed by atoms with Crippen LogP contribution in [0.15, 0.2) is 0 Å². The smallest absolute Gasteiger partial charge is 0.396 e. The number of aliphatic hydroxyl groups excluding tert-OH is 1. The van der Waals surface area contributed by atoms with Gasteiger partial charge in [0.05, 0.1) is 0 Å². The summed E-state index contributed by atoms with van der Waals surface area (Å²) in [6, 6.07) is 0.816. The van der Waals surface area contributed by atoms with Gasteiger partial charge in [-0.2, -0.15) is 0 Å². The molecule has 0 atom stereocenters. The van der Waals surface area contributed by atoms with Crippen LogP contribution in [0.2, 0.25) is 6.04 Å². The number of hydrogen-bond acceptors (Lipinski definition) is 4. The van der Waals surface area contributed by atoms with E-state index in [1.807, 2.05) is 0 Å². The maximum atomic E-state index is 8.58. The van der Waals surface area contributed by atoms with Crippen LogP contribution in [0.5, 0.6) is 0 Å². The highest BCUT2D eigenvalue weighted by Gasteiger charge is 2.36. The van der Waals surface area contributed by atoms with Gasteiger partial charge in [-0.15, -0.1) is 0 Å². The summed E-state index contributed by atoms with van der Waals surface area (Å²) in [5.41, 5.74) is 0. The van der Waals surface area contributed by atoms with E-state index >= 15 is 0 Å². The van der Waals surface area contributed by atoms with E-state index in [0.29, 0.717) is 0 Å². The topological polar surface area (TPSA) is 47.9 Å². The third-order valence-electron chi connectivity index (χ3n) is 2.07. The third-order valence-corrected chi connectivity index (χ3v) is 4.91. The van der Waals surface area contributed by atoms with Crippen LogP contribution in [0.1, 0.15) is 19.3 Å². The van der Waals surface area contributed by atoms with E-state index < -0.39 is 8.80 Å². The van der Waals surface area contributed by atoms with Crippen LogP contribution < -0.4 is 0 Å². The fourth-order valence-corrected chi connectivity index (χ4v) is 2.98. The second-order valence-electron chi connectivity index (χ2n) is 2.83. The van der Waals surface area contributed by atoms with Crippen LogP contribution in [-0.2, 0) is 13.3 Å². The number of hydrogen-bond donors (Lipinski definition) is 1.